The molecule has 1 fully saturated rings. The molecule has 0 unspecified atom stereocenters. The molecule has 4 rings (SSSR count). The van der Waals surface area contributed by atoms with Crippen molar-refractivity contribution in [2.45, 2.75) is 77.0 Å². The molecule has 202 valence electrons. The van der Waals surface area contributed by atoms with E-state index in [1.165, 1.54) is 15.6 Å². The lowest BCUT2D eigenvalue weighted by molar-refractivity contribution is -0.133. The predicted octanol–water partition coefficient (Wildman–Crippen LogP) is 4.09. The Morgan fingerprint density at radius 1 is 0.974 bits per heavy atom. The number of rotatable bonds is 10. The molecule has 9 heteroatoms. The molecular formula is C29H35ClN4O4. The summed E-state index contributed by atoms with van der Waals surface area (Å²) in [7, 11) is 1.80. The number of benzene rings is 2. The van der Waals surface area contributed by atoms with Crippen LogP contribution < -0.4 is 16.6 Å². The molecule has 0 saturated heterocycles. The number of para-hydroxylation sites is 1. The van der Waals surface area contributed by atoms with E-state index >= 15 is 0 Å². The lowest BCUT2D eigenvalue weighted by Crippen LogP contribution is -2.45. The molecule has 0 atom stereocenters. The van der Waals surface area contributed by atoms with Crippen LogP contribution in [0.1, 0.15) is 56.9 Å². The Hall–Kier alpha value is -3.39. The number of hydrogen-bond donors (Lipinski definition) is 1. The Bertz CT molecular complexity index is 1410. The molecule has 0 aliphatic heterocycles. The fraction of sp³-hybridized carbons (Fsp3) is 0.448. The van der Waals surface area contributed by atoms with E-state index in [0.29, 0.717) is 35.3 Å². The lowest BCUT2D eigenvalue weighted by Gasteiger charge is -2.31. The van der Waals surface area contributed by atoms with Crippen molar-refractivity contribution in [1.82, 2.24) is 19.4 Å². The molecule has 3 aromatic rings. The first-order valence-electron chi connectivity index (χ1n) is 13.3. The van der Waals surface area contributed by atoms with Crippen LogP contribution in [0.5, 0.6) is 0 Å². The SMILES string of the molecule is CN(C(=O)Cn1c(=O)n(CCCCC(=O)NCc2ccccc2Cl)c(=O)c2ccccc21)C1CCCCC1. The van der Waals surface area contributed by atoms with Gasteiger partial charge in [0.25, 0.3) is 5.56 Å². The van der Waals surface area contributed by atoms with E-state index in [4.69, 9.17) is 11.6 Å². The monoisotopic (exact) mass is 538 g/mol. The van der Waals surface area contributed by atoms with Gasteiger partial charge in [0.1, 0.15) is 6.54 Å². The molecule has 0 radical (unpaired) electrons. The summed E-state index contributed by atoms with van der Waals surface area (Å²) < 4.78 is 2.60. The largest absolute Gasteiger partial charge is 0.352 e. The lowest BCUT2D eigenvalue weighted by atomic mass is 9.94. The number of unbranched alkanes of at least 4 members (excludes halogenated alkanes) is 1. The van der Waals surface area contributed by atoms with E-state index in [9.17, 15) is 19.2 Å². The van der Waals surface area contributed by atoms with Gasteiger partial charge < -0.3 is 10.2 Å². The molecule has 2 aromatic carbocycles. The molecule has 0 spiro atoms. The van der Waals surface area contributed by atoms with Gasteiger partial charge in [-0.2, -0.15) is 0 Å². The third-order valence-corrected chi connectivity index (χ3v) is 7.78. The van der Waals surface area contributed by atoms with E-state index in [0.717, 1.165) is 31.2 Å². The average Bonchev–Trinajstić information content (AvgIpc) is 2.94. The average molecular weight is 539 g/mol. The van der Waals surface area contributed by atoms with E-state index in [2.05, 4.69) is 5.32 Å². The number of nitrogens with one attached hydrogen (secondary N) is 1. The van der Waals surface area contributed by atoms with Crippen LogP contribution in [0.3, 0.4) is 0 Å². The zero-order valence-electron chi connectivity index (χ0n) is 21.8. The Balaban J connectivity index is 1.42. The number of halogens is 1. The van der Waals surface area contributed by atoms with E-state index in [1.54, 1.807) is 42.3 Å². The maximum absolute atomic E-state index is 13.4. The first-order valence-corrected chi connectivity index (χ1v) is 13.7. The molecule has 8 nitrogen and oxygen atoms in total. The van der Waals surface area contributed by atoms with Gasteiger partial charge in [0.05, 0.1) is 10.9 Å². The fourth-order valence-electron chi connectivity index (χ4n) is 5.12. The van der Waals surface area contributed by atoms with Crippen LogP contribution in [0.2, 0.25) is 5.02 Å². The summed E-state index contributed by atoms with van der Waals surface area (Å²) in [5.74, 6) is -0.255. The van der Waals surface area contributed by atoms with Gasteiger partial charge in [-0.15, -0.1) is 0 Å². The smallest absolute Gasteiger partial charge is 0.331 e. The Morgan fingerprint density at radius 2 is 1.68 bits per heavy atom. The Kier molecular flexibility index (Phi) is 9.39. The molecule has 1 aromatic heterocycles. The molecule has 1 saturated carbocycles. The molecular weight excluding hydrogens is 504 g/mol. The van der Waals surface area contributed by atoms with Crippen molar-refractivity contribution in [3.63, 3.8) is 0 Å². The van der Waals surface area contributed by atoms with Crippen LogP contribution in [0.15, 0.2) is 58.1 Å². The van der Waals surface area contributed by atoms with Gasteiger partial charge >= 0.3 is 5.69 Å². The maximum Gasteiger partial charge on any atom is 0.331 e. The number of nitrogens with zero attached hydrogens (tertiary/aromatic N) is 3. The number of carbonyl (C=O) groups is 2. The van der Waals surface area contributed by atoms with Crippen molar-refractivity contribution in [2.75, 3.05) is 7.05 Å². The normalized spacial score (nSPS) is 13.9. The minimum atomic E-state index is -0.498. The van der Waals surface area contributed by atoms with Crippen LogP contribution in [0.25, 0.3) is 10.9 Å². The third kappa shape index (κ3) is 6.54. The summed E-state index contributed by atoms with van der Waals surface area (Å²) in [4.78, 5) is 53.8. The van der Waals surface area contributed by atoms with Crippen LogP contribution in [-0.4, -0.2) is 38.9 Å². The molecule has 1 aliphatic carbocycles. The Labute approximate surface area is 227 Å². The summed E-state index contributed by atoms with van der Waals surface area (Å²) in [5, 5.41) is 3.85. The third-order valence-electron chi connectivity index (χ3n) is 7.41. The second kappa shape index (κ2) is 12.9. The van der Waals surface area contributed by atoms with Crippen molar-refractivity contribution in [2.24, 2.45) is 0 Å². The number of likely N-dealkylation sites (N-methyl/N-ethyl adjacent to an activating group) is 1. The number of amides is 2. The number of hydrogen-bond acceptors (Lipinski definition) is 4. The minimum absolute atomic E-state index is 0.114. The zero-order valence-corrected chi connectivity index (χ0v) is 22.6. The Morgan fingerprint density at radius 3 is 2.45 bits per heavy atom. The van der Waals surface area contributed by atoms with Gasteiger partial charge in [-0.05, 0) is 49.4 Å². The molecule has 1 heterocycles. The summed E-state index contributed by atoms with van der Waals surface area (Å²) in [6, 6.07) is 14.4. The molecule has 38 heavy (non-hydrogen) atoms. The van der Waals surface area contributed by atoms with Gasteiger partial charge in [-0.1, -0.05) is 61.2 Å². The first-order chi connectivity index (χ1) is 18.4. The number of carbonyl (C=O) groups excluding carboxylic acids is 2. The van der Waals surface area contributed by atoms with Crippen LogP contribution >= 0.6 is 11.6 Å². The van der Waals surface area contributed by atoms with Gasteiger partial charge in [0, 0.05) is 37.6 Å². The van der Waals surface area contributed by atoms with Crippen molar-refractivity contribution in [3.8, 4) is 0 Å². The highest BCUT2D eigenvalue weighted by molar-refractivity contribution is 6.31. The van der Waals surface area contributed by atoms with Crippen molar-refractivity contribution in [1.29, 1.82) is 0 Å². The second-order valence-electron chi connectivity index (χ2n) is 9.96. The van der Waals surface area contributed by atoms with Crippen LogP contribution in [0, 0.1) is 0 Å². The summed E-state index contributed by atoms with van der Waals surface area (Å²) in [5.41, 5.74) is 0.429. The highest BCUT2D eigenvalue weighted by Gasteiger charge is 2.23. The van der Waals surface area contributed by atoms with Gasteiger partial charge in [0.2, 0.25) is 11.8 Å². The van der Waals surface area contributed by atoms with E-state index in [-0.39, 0.29) is 42.9 Å². The summed E-state index contributed by atoms with van der Waals surface area (Å²) in [6.07, 6.45) is 6.61. The number of aromatic nitrogens is 2. The first kappa shape index (κ1) is 27.6. The highest BCUT2D eigenvalue weighted by Crippen LogP contribution is 2.22. The fourth-order valence-corrected chi connectivity index (χ4v) is 5.32. The maximum atomic E-state index is 13.4. The quantitative estimate of drug-likeness (QED) is 0.393. The van der Waals surface area contributed by atoms with Gasteiger partial charge in [0.15, 0.2) is 0 Å². The van der Waals surface area contributed by atoms with Crippen molar-refractivity contribution in [3.05, 3.63) is 80.0 Å². The van der Waals surface area contributed by atoms with Crippen LogP contribution in [0.4, 0.5) is 0 Å². The molecule has 0 bridgehead atoms. The van der Waals surface area contributed by atoms with Crippen molar-refractivity contribution < 1.29 is 9.59 Å². The van der Waals surface area contributed by atoms with Gasteiger partial charge in [-0.3, -0.25) is 23.5 Å². The topological polar surface area (TPSA) is 93.4 Å². The molecule has 1 aliphatic rings. The molecule has 2 amide bonds. The van der Waals surface area contributed by atoms with Crippen molar-refractivity contribution >= 4 is 34.3 Å². The summed E-state index contributed by atoms with van der Waals surface area (Å²) >= 11 is 6.14. The second-order valence-corrected chi connectivity index (χ2v) is 10.4. The number of fused-ring (bicyclic) bond motifs is 1. The minimum Gasteiger partial charge on any atom is -0.352 e. The molecule has 1 N–H and O–H groups in total. The van der Waals surface area contributed by atoms with E-state index in [1.807, 2.05) is 18.2 Å². The standard InChI is InChI=1S/C29H35ClN4O4/c1-32(22-12-3-2-4-13-22)27(36)20-34-25-16-8-6-14-23(25)28(37)33(29(34)38)18-10-9-17-26(35)31-19-21-11-5-7-15-24(21)30/h5-8,11,14-16,22H,2-4,9-10,12-13,17-20H2,1H3,(H,31,35). The highest BCUT2D eigenvalue weighted by atomic mass is 35.5. The van der Waals surface area contributed by atoms with Gasteiger partial charge in [-0.25, -0.2) is 4.79 Å². The van der Waals surface area contributed by atoms with E-state index < -0.39 is 5.69 Å². The zero-order chi connectivity index (χ0) is 27.1. The predicted molar refractivity (Wildman–Crippen MR) is 149 cm³/mol. The van der Waals surface area contributed by atoms with Crippen LogP contribution in [-0.2, 0) is 29.2 Å². The summed E-state index contributed by atoms with van der Waals surface area (Å²) in [6.45, 7) is 0.403.